The molecule has 8 heteroatoms. The topological polar surface area (TPSA) is 106 Å². The average molecular weight is 381 g/mol. The van der Waals surface area contributed by atoms with Crippen LogP contribution in [0.25, 0.3) is 0 Å². The highest BCUT2D eigenvalue weighted by molar-refractivity contribution is 5.76. The molecule has 2 unspecified atom stereocenters. The third-order valence-corrected chi connectivity index (χ3v) is 6.47. The van der Waals surface area contributed by atoms with Crippen molar-refractivity contribution in [3.63, 3.8) is 0 Å². The minimum Gasteiger partial charge on any atom is -0.481 e. The van der Waals surface area contributed by atoms with Crippen LogP contribution in [0.5, 0.6) is 0 Å². The van der Waals surface area contributed by atoms with E-state index < -0.39 is 16.8 Å². The van der Waals surface area contributed by atoms with Crippen LogP contribution < -0.4 is 10.5 Å². The van der Waals surface area contributed by atoms with Crippen molar-refractivity contribution in [2.24, 2.45) is 11.8 Å². The van der Waals surface area contributed by atoms with Crippen LogP contribution in [0.4, 0.5) is 11.4 Å². The van der Waals surface area contributed by atoms with Crippen LogP contribution in [-0.2, 0) is 17.8 Å². The number of anilines is 1. The first-order valence-corrected chi connectivity index (χ1v) is 9.40. The number of non-ortho nitro benzene ring substituents is 1. The molecule has 0 saturated carbocycles. The summed E-state index contributed by atoms with van der Waals surface area (Å²) < 4.78 is 1.79. The Bertz CT molecular complexity index is 1060. The Morgan fingerprint density at radius 3 is 2.79 bits per heavy atom. The zero-order valence-electron chi connectivity index (χ0n) is 15.0. The highest BCUT2D eigenvalue weighted by atomic mass is 16.6. The van der Waals surface area contributed by atoms with Crippen molar-refractivity contribution >= 4 is 17.3 Å². The lowest BCUT2D eigenvalue weighted by atomic mass is 9.69. The molecule has 8 nitrogen and oxygen atoms in total. The molecule has 4 heterocycles. The fourth-order valence-corrected chi connectivity index (χ4v) is 5.41. The van der Waals surface area contributed by atoms with Gasteiger partial charge in [-0.25, -0.2) is 0 Å². The average Bonchev–Trinajstić information content (AvgIpc) is 2.67. The number of pyridine rings is 1. The van der Waals surface area contributed by atoms with Crippen LogP contribution in [0.1, 0.15) is 23.6 Å². The second-order valence-corrected chi connectivity index (χ2v) is 7.97. The molecule has 0 aliphatic carbocycles. The fourth-order valence-electron chi connectivity index (χ4n) is 5.41. The summed E-state index contributed by atoms with van der Waals surface area (Å²) in [7, 11) is 0. The van der Waals surface area contributed by atoms with Gasteiger partial charge in [-0.2, -0.15) is 0 Å². The minimum atomic E-state index is -0.902. The van der Waals surface area contributed by atoms with Crippen molar-refractivity contribution in [2.45, 2.75) is 31.3 Å². The van der Waals surface area contributed by atoms with Gasteiger partial charge in [0.05, 0.1) is 16.9 Å². The smallest absolute Gasteiger partial charge is 0.308 e. The number of benzene rings is 1. The summed E-state index contributed by atoms with van der Waals surface area (Å²) >= 11 is 0. The van der Waals surface area contributed by atoms with E-state index in [9.17, 15) is 24.8 Å². The van der Waals surface area contributed by atoms with Crippen LogP contribution in [0.3, 0.4) is 0 Å². The normalized spacial score (nSPS) is 27.4. The number of carbonyl (C=O) groups is 1. The van der Waals surface area contributed by atoms with Crippen LogP contribution in [0.15, 0.2) is 41.2 Å². The molecule has 4 atom stereocenters. The number of rotatable bonds is 2. The van der Waals surface area contributed by atoms with E-state index in [0.717, 1.165) is 17.8 Å². The summed E-state index contributed by atoms with van der Waals surface area (Å²) in [5, 5.41) is 21.1. The van der Waals surface area contributed by atoms with Gasteiger partial charge in [-0.3, -0.25) is 19.7 Å². The number of hydrogen-bond donors (Lipinski definition) is 1. The monoisotopic (exact) mass is 381 g/mol. The van der Waals surface area contributed by atoms with E-state index >= 15 is 0 Å². The Morgan fingerprint density at radius 1 is 1.21 bits per heavy atom. The summed E-state index contributed by atoms with van der Waals surface area (Å²) in [6, 6.07) is 9.68. The highest BCUT2D eigenvalue weighted by Crippen LogP contribution is 2.48. The number of piperidine rings is 1. The molecule has 3 aliphatic rings. The zero-order valence-corrected chi connectivity index (χ0v) is 15.0. The van der Waals surface area contributed by atoms with Gasteiger partial charge in [0.15, 0.2) is 0 Å². The van der Waals surface area contributed by atoms with E-state index in [-0.39, 0.29) is 35.5 Å². The summed E-state index contributed by atoms with van der Waals surface area (Å²) in [5.74, 6) is -1.39. The van der Waals surface area contributed by atoms with Gasteiger partial charge in [-0.1, -0.05) is 6.07 Å². The van der Waals surface area contributed by atoms with Gasteiger partial charge in [0.25, 0.3) is 11.2 Å². The highest BCUT2D eigenvalue weighted by Gasteiger charge is 2.49. The van der Waals surface area contributed by atoms with Gasteiger partial charge < -0.3 is 14.6 Å². The molecule has 5 rings (SSSR count). The SMILES string of the molecule is O=C(O)C1Cc2cc([N+](=O)[O-])ccc2N2C[C@H]3C[C@H](c4cccc(=O)n4C3)C12. The van der Waals surface area contributed by atoms with Crippen molar-refractivity contribution in [1.29, 1.82) is 0 Å². The van der Waals surface area contributed by atoms with E-state index in [1.165, 1.54) is 12.1 Å². The number of fused-ring (bicyclic) bond motifs is 8. The molecular weight excluding hydrogens is 362 g/mol. The van der Waals surface area contributed by atoms with Gasteiger partial charge in [0.1, 0.15) is 0 Å². The van der Waals surface area contributed by atoms with Gasteiger partial charge in [-0.15, -0.1) is 0 Å². The van der Waals surface area contributed by atoms with Crippen molar-refractivity contribution in [1.82, 2.24) is 4.57 Å². The lowest BCUT2D eigenvalue weighted by molar-refractivity contribution is -0.384. The maximum atomic E-state index is 12.3. The number of aliphatic carboxylic acids is 1. The second-order valence-electron chi connectivity index (χ2n) is 7.97. The number of hydrogen-bond acceptors (Lipinski definition) is 5. The molecule has 1 N–H and O–H groups in total. The lowest BCUT2D eigenvalue weighted by Gasteiger charge is -2.53. The van der Waals surface area contributed by atoms with Gasteiger partial charge in [0.2, 0.25) is 0 Å². The van der Waals surface area contributed by atoms with E-state index in [4.69, 9.17) is 0 Å². The molecular formula is C20H19N3O5. The number of nitro groups is 1. The fraction of sp³-hybridized carbons (Fsp3) is 0.400. The first kappa shape index (κ1) is 17.0. The van der Waals surface area contributed by atoms with Crippen molar-refractivity contribution in [3.05, 3.63) is 68.1 Å². The molecule has 2 aromatic rings. The molecule has 0 spiro atoms. The number of aromatic nitrogens is 1. The standard InChI is InChI=1S/C20H19N3O5/c24-18-3-1-2-17-14-6-11(9-21(17)18)10-22-16-5-4-13(23(27)28)7-12(16)8-15(19(14)22)20(25)26/h1-5,7,11,14-15,19H,6,8-10H2,(H,25,26)/t11-,14+,15?,19?/m0/s1. The number of nitrogens with zero attached hydrogens (tertiary/aromatic N) is 3. The van der Waals surface area contributed by atoms with Crippen LogP contribution in [0.2, 0.25) is 0 Å². The minimum absolute atomic E-state index is 0.0181. The molecule has 0 radical (unpaired) electrons. The van der Waals surface area contributed by atoms with Crippen LogP contribution in [-0.4, -0.2) is 33.2 Å². The maximum Gasteiger partial charge on any atom is 0.308 e. The van der Waals surface area contributed by atoms with E-state index in [1.807, 2.05) is 6.07 Å². The van der Waals surface area contributed by atoms with E-state index in [2.05, 4.69) is 4.90 Å². The molecule has 2 bridgehead atoms. The quantitative estimate of drug-likeness (QED) is 0.630. The molecule has 1 aromatic heterocycles. The Hall–Kier alpha value is -3.16. The molecule has 0 amide bonds. The Kier molecular flexibility index (Phi) is 3.59. The predicted molar refractivity (Wildman–Crippen MR) is 101 cm³/mol. The van der Waals surface area contributed by atoms with Crippen molar-refractivity contribution in [2.75, 3.05) is 11.4 Å². The number of carboxylic acid groups (broad SMARTS) is 1. The first-order chi connectivity index (χ1) is 13.4. The van der Waals surface area contributed by atoms with Gasteiger partial charge >= 0.3 is 5.97 Å². The molecule has 1 fully saturated rings. The molecule has 1 saturated heterocycles. The molecule has 3 aliphatic heterocycles. The summed E-state index contributed by atoms with van der Waals surface area (Å²) in [4.78, 5) is 37.3. The van der Waals surface area contributed by atoms with Crippen molar-refractivity contribution in [3.8, 4) is 0 Å². The number of carboxylic acids is 1. The maximum absolute atomic E-state index is 12.3. The van der Waals surface area contributed by atoms with Crippen LogP contribution in [0, 0.1) is 22.0 Å². The molecule has 28 heavy (non-hydrogen) atoms. The lowest BCUT2D eigenvalue weighted by Crippen LogP contribution is -2.59. The summed E-state index contributed by atoms with van der Waals surface area (Å²) in [5.41, 5.74) is 2.43. The Balaban J connectivity index is 1.66. The predicted octanol–water partition coefficient (Wildman–Crippen LogP) is 2.01. The third-order valence-electron chi connectivity index (χ3n) is 6.47. The zero-order chi connectivity index (χ0) is 19.6. The Labute approximate surface area is 160 Å². The first-order valence-electron chi connectivity index (χ1n) is 9.40. The van der Waals surface area contributed by atoms with Gasteiger partial charge in [-0.05, 0) is 36.5 Å². The van der Waals surface area contributed by atoms with Gasteiger partial charge in [0, 0.05) is 48.6 Å². The largest absolute Gasteiger partial charge is 0.481 e. The molecule has 1 aromatic carbocycles. The summed E-state index contributed by atoms with van der Waals surface area (Å²) in [6.07, 6.45) is 1.11. The third kappa shape index (κ3) is 2.37. The van der Waals surface area contributed by atoms with Crippen LogP contribution >= 0.6 is 0 Å². The summed E-state index contributed by atoms with van der Waals surface area (Å²) in [6.45, 7) is 1.27. The number of nitro benzene ring substituents is 1. The van der Waals surface area contributed by atoms with Crippen molar-refractivity contribution < 1.29 is 14.8 Å². The second kappa shape index (κ2) is 5.92. The van der Waals surface area contributed by atoms with E-state index in [0.29, 0.717) is 18.7 Å². The Morgan fingerprint density at radius 2 is 2.04 bits per heavy atom. The molecule has 144 valence electrons. The van der Waals surface area contributed by atoms with E-state index in [1.54, 1.807) is 22.8 Å².